The zero-order valence-corrected chi connectivity index (χ0v) is 22.1. The number of carbonyl (C=O) groups excluding carboxylic acids is 2. The Balaban J connectivity index is 1.69. The van der Waals surface area contributed by atoms with Gasteiger partial charge < -0.3 is 10.1 Å². The van der Waals surface area contributed by atoms with Gasteiger partial charge in [0.15, 0.2) is 0 Å². The highest BCUT2D eigenvalue weighted by atomic mass is 35.5. The predicted molar refractivity (Wildman–Crippen MR) is 147 cm³/mol. The van der Waals surface area contributed by atoms with Gasteiger partial charge in [-0.15, -0.1) is 0 Å². The molecule has 3 aromatic rings. The number of amides is 2. The van der Waals surface area contributed by atoms with Crippen LogP contribution in [0.5, 0.6) is 5.75 Å². The fourth-order valence-electron chi connectivity index (χ4n) is 4.05. The van der Waals surface area contributed by atoms with Crippen molar-refractivity contribution in [2.45, 2.75) is 31.6 Å². The Bertz CT molecular complexity index is 1350. The van der Waals surface area contributed by atoms with Crippen molar-refractivity contribution in [1.29, 1.82) is 5.26 Å². The largest absolute Gasteiger partial charge is 0.494 e. The highest BCUT2D eigenvalue weighted by Crippen LogP contribution is 2.42. The maximum Gasteiger partial charge on any atom is 0.265 e. The molecule has 0 aromatic heterocycles. The number of hydrogen-bond acceptors (Lipinski definition) is 5. The van der Waals surface area contributed by atoms with Gasteiger partial charge in [0.25, 0.3) is 5.91 Å². The second-order valence-corrected chi connectivity index (χ2v) is 10.1. The number of hydrogen-bond donors (Lipinski definition) is 1. The Hall–Kier alpha value is -3.73. The van der Waals surface area contributed by atoms with E-state index in [4.69, 9.17) is 16.3 Å². The summed E-state index contributed by atoms with van der Waals surface area (Å²) in [5.74, 6) is -0.0734. The van der Waals surface area contributed by atoms with Gasteiger partial charge in [-0.1, -0.05) is 65.8 Å². The highest BCUT2D eigenvalue weighted by molar-refractivity contribution is 8.05. The highest BCUT2D eigenvalue weighted by Gasteiger charge is 2.41. The van der Waals surface area contributed by atoms with Crippen LogP contribution in [-0.2, 0) is 16.0 Å². The lowest BCUT2D eigenvalue weighted by Crippen LogP contribution is -2.32. The van der Waals surface area contributed by atoms with E-state index in [0.717, 1.165) is 11.1 Å². The SMILES string of the molecule is CCOc1ccc(N2C(=O)C(Cc3cccc(Cl)c3)S/C2=C(/C#N)C(=O)NC(C)c2ccccc2)cc1. The monoisotopic (exact) mass is 531 g/mol. The van der Waals surface area contributed by atoms with Gasteiger partial charge in [-0.25, -0.2) is 0 Å². The first-order valence-corrected chi connectivity index (χ1v) is 13.1. The van der Waals surface area contributed by atoms with Gasteiger partial charge in [-0.2, -0.15) is 5.26 Å². The van der Waals surface area contributed by atoms with E-state index in [1.807, 2.05) is 62.4 Å². The quantitative estimate of drug-likeness (QED) is 0.283. The van der Waals surface area contributed by atoms with E-state index in [-0.39, 0.29) is 17.5 Å². The molecule has 1 aliphatic heterocycles. The predicted octanol–water partition coefficient (Wildman–Crippen LogP) is 6.04. The molecule has 0 aliphatic carbocycles. The van der Waals surface area contributed by atoms with E-state index in [0.29, 0.717) is 34.5 Å². The molecular formula is C29H26ClN3O3S. The summed E-state index contributed by atoms with van der Waals surface area (Å²) >= 11 is 7.37. The zero-order chi connectivity index (χ0) is 26.4. The number of ether oxygens (including phenoxy) is 1. The van der Waals surface area contributed by atoms with E-state index >= 15 is 0 Å². The van der Waals surface area contributed by atoms with Crippen LogP contribution in [0.15, 0.2) is 89.5 Å². The van der Waals surface area contributed by atoms with Crippen LogP contribution in [0.25, 0.3) is 0 Å². The topological polar surface area (TPSA) is 82.4 Å². The Morgan fingerprint density at radius 2 is 1.86 bits per heavy atom. The first-order valence-electron chi connectivity index (χ1n) is 11.9. The summed E-state index contributed by atoms with van der Waals surface area (Å²) in [4.78, 5) is 28.4. The molecule has 4 rings (SSSR count). The molecule has 1 aliphatic rings. The minimum Gasteiger partial charge on any atom is -0.494 e. The molecule has 1 N–H and O–H groups in total. The molecule has 2 amide bonds. The maximum absolute atomic E-state index is 13.7. The summed E-state index contributed by atoms with van der Waals surface area (Å²) in [6.45, 7) is 4.26. The fraction of sp³-hybridized carbons (Fsp3) is 0.207. The molecule has 0 radical (unpaired) electrons. The standard InChI is InChI=1S/C29H26ClN3O3S/c1-3-36-24-14-12-23(13-15-24)33-28(35)26(17-20-8-7-11-22(30)16-20)37-29(33)25(18-31)27(34)32-19(2)21-9-5-4-6-10-21/h4-16,19,26H,3,17H2,1-2H3,(H,32,34)/b29-25-. The summed E-state index contributed by atoms with van der Waals surface area (Å²) in [6, 6.07) is 25.6. The molecule has 0 spiro atoms. The van der Waals surface area contributed by atoms with E-state index in [1.165, 1.54) is 16.7 Å². The van der Waals surface area contributed by atoms with Crippen molar-refractivity contribution in [3.05, 3.63) is 106 Å². The van der Waals surface area contributed by atoms with Gasteiger partial charge in [0.2, 0.25) is 5.91 Å². The molecule has 2 unspecified atom stereocenters. The van der Waals surface area contributed by atoms with Gasteiger partial charge in [-0.3, -0.25) is 14.5 Å². The smallest absolute Gasteiger partial charge is 0.265 e. The van der Waals surface area contributed by atoms with Crippen LogP contribution in [-0.4, -0.2) is 23.7 Å². The van der Waals surface area contributed by atoms with Crippen LogP contribution in [0.4, 0.5) is 5.69 Å². The van der Waals surface area contributed by atoms with E-state index in [1.54, 1.807) is 30.3 Å². The van der Waals surface area contributed by atoms with Crippen LogP contribution >= 0.6 is 23.4 Å². The average molecular weight is 532 g/mol. The van der Waals surface area contributed by atoms with E-state index < -0.39 is 11.2 Å². The van der Waals surface area contributed by atoms with Crippen LogP contribution in [0.2, 0.25) is 5.02 Å². The third-order valence-electron chi connectivity index (χ3n) is 5.87. The van der Waals surface area contributed by atoms with Gasteiger partial charge >= 0.3 is 0 Å². The number of rotatable bonds is 8. The summed E-state index contributed by atoms with van der Waals surface area (Å²) in [5.41, 5.74) is 2.26. The molecule has 188 valence electrons. The summed E-state index contributed by atoms with van der Waals surface area (Å²) < 4.78 is 5.53. The third-order valence-corrected chi connectivity index (χ3v) is 7.37. The molecule has 37 heavy (non-hydrogen) atoms. The van der Waals surface area contributed by atoms with Crippen molar-refractivity contribution in [1.82, 2.24) is 5.32 Å². The number of nitrogens with zero attached hydrogens (tertiary/aromatic N) is 2. The van der Waals surface area contributed by atoms with Gasteiger partial charge in [0, 0.05) is 10.7 Å². The van der Waals surface area contributed by atoms with Crippen LogP contribution in [0.1, 0.15) is 31.0 Å². The molecule has 6 nitrogen and oxygen atoms in total. The Kier molecular flexibility index (Phi) is 8.54. The molecule has 1 fully saturated rings. The van der Waals surface area contributed by atoms with Crippen molar-refractivity contribution >= 4 is 40.9 Å². The average Bonchev–Trinajstić information content (AvgIpc) is 3.20. The summed E-state index contributed by atoms with van der Waals surface area (Å²) in [5, 5.41) is 13.3. The lowest BCUT2D eigenvalue weighted by atomic mass is 10.1. The molecule has 2 atom stereocenters. The molecular weight excluding hydrogens is 506 g/mol. The van der Waals surface area contributed by atoms with Crippen molar-refractivity contribution in [2.24, 2.45) is 0 Å². The van der Waals surface area contributed by atoms with Crippen LogP contribution in [0.3, 0.4) is 0 Å². The molecule has 1 heterocycles. The zero-order valence-electron chi connectivity index (χ0n) is 20.5. The van der Waals surface area contributed by atoms with Gasteiger partial charge in [0.05, 0.1) is 17.9 Å². The van der Waals surface area contributed by atoms with Crippen molar-refractivity contribution in [3.63, 3.8) is 0 Å². The third kappa shape index (κ3) is 6.16. The van der Waals surface area contributed by atoms with Gasteiger partial charge in [0.1, 0.15) is 22.4 Å². The minimum absolute atomic E-state index is 0.108. The lowest BCUT2D eigenvalue weighted by molar-refractivity contribution is -0.117. The van der Waals surface area contributed by atoms with Gasteiger partial charge in [-0.05, 0) is 67.8 Å². The second-order valence-electron chi connectivity index (χ2n) is 8.44. The Morgan fingerprint density at radius 3 is 2.51 bits per heavy atom. The molecule has 0 bridgehead atoms. The number of anilines is 1. The number of benzene rings is 3. The van der Waals surface area contributed by atoms with Crippen LogP contribution in [0, 0.1) is 11.3 Å². The number of nitrogens with one attached hydrogen (secondary N) is 1. The first kappa shape index (κ1) is 26.3. The van der Waals surface area contributed by atoms with Crippen molar-refractivity contribution in [2.75, 3.05) is 11.5 Å². The van der Waals surface area contributed by atoms with E-state index in [9.17, 15) is 14.9 Å². The number of carbonyl (C=O) groups is 2. The summed E-state index contributed by atoms with van der Waals surface area (Å²) in [7, 11) is 0. The fourth-order valence-corrected chi connectivity index (χ4v) is 5.57. The molecule has 8 heteroatoms. The number of thioether (sulfide) groups is 1. The normalized spacial score (nSPS) is 17.2. The number of nitriles is 1. The molecule has 1 saturated heterocycles. The molecule has 0 saturated carbocycles. The maximum atomic E-state index is 13.7. The molecule has 3 aromatic carbocycles. The minimum atomic E-state index is -0.534. The lowest BCUT2D eigenvalue weighted by Gasteiger charge is -2.20. The van der Waals surface area contributed by atoms with Crippen molar-refractivity contribution < 1.29 is 14.3 Å². The first-order chi connectivity index (χ1) is 17.9. The summed E-state index contributed by atoms with van der Waals surface area (Å²) in [6.07, 6.45) is 0.405. The van der Waals surface area contributed by atoms with E-state index in [2.05, 4.69) is 11.4 Å². The Morgan fingerprint density at radius 1 is 1.14 bits per heavy atom. The second kappa shape index (κ2) is 12.0. The van der Waals surface area contributed by atoms with Crippen molar-refractivity contribution in [3.8, 4) is 11.8 Å². The Labute approximate surface area is 225 Å². The number of halogens is 1. The van der Waals surface area contributed by atoms with Crippen LogP contribution < -0.4 is 15.0 Å².